The lowest BCUT2D eigenvalue weighted by atomic mass is 10.0. The first-order valence-electron chi connectivity index (χ1n) is 6.39. The Morgan fingerprint density at radius 1 is 1.53 bits per heavy atom. The highest BCUT2D eigenvalue weighted by Crippen LogP contribution is 2.09. The Balaban J connectivity index is 2.38. The van der Waals surface area contributed by atoms with Crippen molar-refractivity contribution in [2.45, 2.75) is 45.3 Å². The Hall–Kier alpha value is -0.870. The van der Waals surface area contributed by atoms with E-state index >= 15 is 0 Å². The van der Waals surface area contributed by atoms with Crippen LogP contribution in [-0.4, -0.2) is 35.6 Å². The third-order valence-electron chi connectivity index (χ3n) is 3.05. The Bertz CT molecular complexity index is 311. The predicted octanol–water partition coefficient (Wildman–Crippen LogP) is 1.76. The van der Waals surface area contributed by atoms with E-state index in [0.717, 1.165) is 25.8 Å². The van der Waals surface area contributed by atoms with Gasteiger partial charge in [-0.1, -0.05) is 6.92 Å². The SMILES string of the molecule is CCNC(CCc1cnn(C)c1)CC(C)OC. The molecule has 0 fully saturated rings. The van der Waals surface area contributed by atoms with Gasteiger partial charge in [-0.2, -0.15) is 5.10 Å². The highest BCUT2D eigenvalue weighted by atomic mass is 16.5. The van der Waals surface area contributed by atoms with Crippen LogP contribution in [0.3, 0.4) is 0 Å². The zero-order valence-corrected chi connectivity index (χ0v) is 11.4. The van der Waals surface area contributed by atoms with E-state index in [4.69, 9.17) is 4.74 Å². The smallest absolute Gasteiger partial charge is 0.0558 e. The predicted molar refractivity (Wildman–Crippen MR) is 70.1 cm³/mol. The second-order valence-corrected chi connectivity index (χ2v) is 4.60. The number of hydrogen-bond acceptors (Lipinski definition) is 3. The Kier molecular flexibility index (Phi) is 6.22. The monoisotopic (exact) mass is 239 g/mol. The molecule has 17 heavy (non-hydrogen) atoms. The van der Waals surface area contributed by atoms with Gasteiger partial charge in [-0.25, -0.2) is 0 Å². The molecule has 1 aromatic rings. The van der Waals surface area contributed by atoms with Crippen LogP contribution in [0, 0.1) is 0 Å². The number of methoxy groups -OCH3 is 1. The van der Waals surface area contributed by atoms with Gasteiger partial charge in [0.15, 0.2) is 0 Å². The molecule has 98 valence electrons. The van der Waals surface area contributed by atoms with Gasteiger partial charge >= 0.3 is 0 Å². The maximum absolute atomic E-state index is 5.33. The van der Waals surface area contributed by atoms with Gasteiger partial charge < -0.3 is 10.1 Å². The largest absolute Gasteiger partial charge is 0.382 e. The van der Waals surface area contributed by atoms with Crippen molar-refractivity contribution in [2.24, 2.45) is 7.05 Å². The number of rotatable bonds is 8. The van der Waals surface area contributed by atoms with Gasteiger partial charge in [0.05, 0.1) is 12.3 Å². The molecule has 0 saturated heterocycles. The van der Waals surface area contributed by atoms with E-state index in [2.05, 4.69) is 30.5 Å². The van der Waals surface area contributed by atoms with Gasteiger partial charge in [0.1, 0.15) is 0 Å². The standard InChI is InChI=1S/C13H25N3O/c1-5-14-13(8-11(2)17-4)7-6-12-9-15-16(3)10-12/h9-11,13-14H,5-8H2,1-4H3. The minimum Gasteiger partial charge on any atom is -0.382 e. The maximum atomic E-state index is 5.33. The van der Waals surface area contributed by atoms with E-state index in [-0.39, 0.29) is 0 Å². The minimum absolute atomic E-state index is 0.313. The van der Waals surface area contributed by atoms with Gasteiger partial charge in [-0.3, -0.25) is 4.68 Å². The third kappa shape index (κ3) is 5.33. The van der Waals surface area contributed by atoms with Crippen molar-refractivity contribution in [3.8, 4) is 0 Å². The molecule has 0 aromatic carbocycles. The molecule has 0 saturated carbocycles. The van der Waals surface area contributed by atoms with Crippen LogP contribution in [0.2, 0.25) is 0 Å². The number of aryl methyl sites for hydroxylation is 2. The van der Waals surface area contributed by atoms with Gasteiger partial charge in [0, 0.05) is 26.4 Å². The molecule has 0 aliphatic carbocycles. The van der Waals surface area contributed by atoms with Gasteiger partial charge in [0.2, 0.25) is 0 Å². The normalized spacial score (nSPS) is 14.8. The quantitative estimate of drug-likeness (QED) is 0.751. The van der Waals surface area contributed by atoms with E-state index in [1.54, 1.807) is 7.11 Å². The van der Waals surface area contributed by atoms with Crippen molar-refractivity contribution < 1.29 is 4.74 Å². The molecule has 0 spiro atoms. The fraction of sp³-hybridized carbons (Fsp3) is 0.769. The van der Waals surface area contributed by atoms with Gasteiger partial charge in [-0.15, -0.1) is 0 Å². The lowest BCUT2D eigenvalue weighted by Gasteiger charge is -2.20. The summed E-state index contributed by atoms with van der Waals surface area (Å²) in [7, 11) is 3.73. The second kappa shape index (κ2) is 7.45. The molecule has 1 aromatic heterocycles. The van der Waals surface area contributed by atoms with Gasteiger partial charge in [-0.05, 0) is 38.3 Å². The van der Waals surface area contributed by atoms with Crippen molar-refractivity contribution >= 4 is 0 Å². The van der Waals surface area contributed by atoms with Crippen molar-refractivity contribution in [3.05, 3.63) is 18.0 Å². The van der Waals surface area contributed by atoms with E-state index in [0.29, 0.717) is 12.1 Å². The Morgan fingerprint density at radius 3 is 2.82 bits per heavy atom. The fourth-order valence-corrected chi connectivity index (χ4v) is 2.03. The van der Waals surface area contributed by atoms with Crippen molar-refractivity contribution in [2.75, 3.05) is 13.7 Å². The van der Waals surface area contributed by atoms with E-state index < -0.39 is 0 Å². The molecule has 1 heterocycles. The number of aromatic nitrogens is 2. The molecule has 0 radical (unpaired) electrons. The minimum atomic E-state index is 0.313. The fourth-order valence-electron chi connectivity index (χ4n) is 2.03. The highest BCUT2D eigenvalue weighted by molar-refractivity contribution is 5.04. The van der Waals surface area contributed by atoms with Crippen LogP contribution in [0.1, 0.15) is 32.3 Å². The molecule has 0 bridgehead atoms. The summed E-state index contributed by atoms with van der Waals surface area (Å²) in [5.41, 5.74) is 1.31. The average Bonchev–Trinajstić information content (AvgIpc) is 2.72. The van der Waals surface area contributed by atoms with Crippen LogP contribution in [0.4, 0.5) is 0 Å². The van der Waals surface area contributed by atoms with E-state index in [9.17, 15) is 0 Å². The summed E-state index contributed by atoms with van der Waals surface area (Å²) in [6.45, 7) is 5.27. The zero-order valence-electron chi connectivity index (χ0n) is 11.4. The van der Waals surface area contributed by atoms with Crippen molar-refractivity contribution in [3.63, 3.8) is 0 Å². The van der Waals surface area contributed by atoms with Crippen LogP contribution in [0.15, 0.2) is 12.4 Å². The molecular formula is C13H25N3O. The summed E-state index contributed by atoms with van der Waals surface area (Å²) in [4.78, 5) is 0. The third-order valence-corrected chi connectivity index (χ3v) is 3.05. The van der Waals surface area contributed by atoms with E-state index in [1.165, 1.54) is 5.56 Å². The number of ether oxygens (including phenoxy) is 1. The van der Waals surface area contributed by atoms with Gasteiger partial charge in [0.25, 0.3) is 0 Å². The number of nitrogens with one attached hydrogen (secondary N) is 1. The lowest BCUT2D eigenvalue weighted by Crippen LogP contribution is -2.32. The lowest BCUT2D eigenvalue weighted by molar-refractivity contribution is 0.0995. The van der Waals surface area contributed by atoms with Crippen LogP contribution >= 0.6 is 0 Å². The molecular weight excluding hydrogens is 214 g/mol. The van der Waals surface area contributed by atoms with Crippen LogP contribution in [-0.2, 0) is 18.2 Å². The van der Waals surface area contributed by atoms with Crippen LogP contribution in [0.25, 0.3) is 0 Å². The Morgan fingerprint density at radius 2 is 2.29 bits per heavy atom. The first-order valence-corrected chi connectivity index (χ1v) is 6.39. The second-order valence-electron chi connectivity index (χ2n) is 4.60. The average molecular weight is 239 g/mol. The molecule has 4 heteroatoms. The molecule has 0 amide bonds. The maximum Gasteiger partial charge on any atom is 0.0558 e. The molecule has 0 aliphatic heterocycles. The summed E-state index contributed by atoms with van der Waals surface area (Å²) in [5, 5.41) is 7.71. The molecule has 4 nitrogen and oxygen atoms in total. The first-order chi connectivity index (χ1) is 8.15. The van der Waals surface area contributed by atoms with Crippen LogP contribution < -0.4 is 5.32 Å². The zero-order chi connectivity index (χ0) is 12.7. The molecule has 1 rings (SSSR count). The van der Waals surface area contributed by atoms with Crippen LogP contribution in [0.5, 0.6) is 0 Å². The topological polar surface area (TPSA) is 39.1 Å². The van der Waals surface area contributed by atoms with Crippen molar-refractivity contribution in [1.29, 1.82) is 0 Å². The first kappa shape index (κ1) is 14.2. The summed E-state index contributed by atoms with van der Waals surface area (Å²) < 4.78 is 7.18. The van der Waals surface area contributed by atoms with Crippen molar-refractivity contribution in [1.82, 2.24) is 15.1 Å². The molecule has 0 aliphatic rings. The molecule has 1 N–H and O–H groups in total. The summed E-state index contributed by atoms with van der Waals surface area (Å²) in [6.07, 6.45) is 7.61. The van der Waals surface area contributed by atoms with E-state index in [1.807, 2.05) is 17.9 Å². The summed E-state index contributed by atoms with van der Waals surface area (Å²) in [6, 6.07) is 0.523. The number of nitrogens with zero attached hydrogens (tertiary/aromatic N) is 2. The number of hydrogen-bond donors (Lipinski definition) is 1. The molecule has 2 atom stereocenters. The Labute approximate surface area is 104 Å². The summed E-state index contributed by atoms with van der Waals surface area (Å²) >= 11 is 0. The summed E-state index contributed by atoms with van der Waals surface area (Å²) in [5.74, 6) is 0. The highest BCUT2D eigenvalue weighted by Gasteiger charge is 2.12. The molecule has 2 unspecified atom stereocenters.